The highest BCUT2D eigenvalue weighted by Gasteiger charge is 2.20. The molecule has 1 N–H and O–H groups in total. The van der Waals surface area contributed by atoms with E-state index in [2.05, 4.69) is 19.1 Å². The molecule has 0 saturated heterocycles. The molecule has 142 valence electrons. The second-order valence-corrected chi connectivity index (χ2v) is 7.97. The largest absolute Gasteiger partial charge is 0.493 e. The van der Waals surface area contributed by atoms with E-state index in [1.807, 2.05) is 48.5 Å². The van der Waals surface area contributed by atoms with Crippen molar-refractivity contribution in [2.45, 2.75) is 6.42 Å². The summed E-state index contributed by atoms with van der Waals surface area (Å²) >= 11 is 7.57. The van der Waals surface area contributed by atoms with Crippen molar-refractivity contribution in [3.05, 3.63) is 53.6 Å². The van der Waals surface area contributed by atoms with Crippen LogP contribution >= 0.6 is 22.9 Å². The van der Waals surface area contributed by atoms with E-state index in [0.29, 0.717) is 29.7 Å². The first-order valence-corrected chi connectivity index (χ1v) is 10.1. The first-order chi connectivity index (χ1) is 13.0. The predicted molar refractivity (Wildman–Crippen MR) is 111 cm³/mol. The Hall–Kier alpha value is -2.15. The lowest BCUT2D eigenvalue weighted by atomic mass is 10.3. The Morgan fingerprint density at radius 2 is 2.00 bits per heavy atom. The van der Waals surface area contributed by atoms with E-state index < -0.39 is 0 Å². The average Bonchev–Trinajstić information content (AvgIpc) is 3.05. The summed E-state index contributed by atoms with van der Waals surface area (Å²) in [5.41, 5.74) is 0.856. The maximum atomic E-state index is 12.9. The maximum Gasteiger partial charge on any atom is 0.232 e. The number of likely N-dealkylation sites (N-methyl/N-ethyl adjacent to an activating group) is 1. The molecular formula is C20H23ClN3O2S+. The van der Waals surface area contributed by atoms with Gasteiger partial charge in [0.05, 0.1) is 50.4 Å². The molecule has 0 spiro atoms. The van der Waals surface area contributed by atoms with E-state index in [4.69, 9.17) is 16.3 Å². The smallest absolute Gasteiger partial charge is 0.232 e. The Balaban J connectivity index is 1.71. The Morgan fingerprint density at radius 3 is 2.74 bits per heavy atom. The van der Waals surface area contributed by atoms with Crippen LogP contribution in [-0.2, 0) is 4.79 Å². The minimum Gasteiger partial charge on any atom is -0.493 e. The van der Waals surface area contributed by atoms with Crippen LogP contribution in [0.5, 0.6) is 5.75 Å². The molecule has 0 fully saturated rings. The van der Waals surface area contributed by atoms with Crippen LogP contribution in [0.25, 0.3) is 10.2 Å². The van der Waals surface area contributed by atoms with E-state index in [1.54, 1.807) is 4.90 Å². The highest BCUT2D eigenvalue weighted by atomic mass is 35.5. The minimum absolute atomic E-state index is 0.0114. The summed E-state index contributed by atoms with van der Waals surface area (Å²) in [5.74, 6) is 0.779. The van der Waals surface area contributed by atoms with Crippen LogP contribution in [0.1, 0.15) is 6.42 Å². The number of hydrogen-bond acceptors (Lipinski definition) is 4. The fourth-order valence-electron chi connectivity index (χ4n) is 2.57. The van der Waals surface area contributed by atoms with Gasteiger partial charge in [0.2, 0.25) is 5.91 Å². The Morgan fingerprint density at radius 1 is 1.22 bits per heavy atom. The molecule has 0 aliphatic rings. The number of nitrogens with one attached hydrogen (secondary N) is 1. The predicted octanol–water partition coefficient (Wildman–Crippen LogP) is 2.90. The number of hydrogen-bond donors (Lipinski definition) is 1. The fraction of sp³-hybridized carbons (Fsp3) is 0.300. The van der Waals surface area contributed by atoms with Crippen molar-refractivity contribution in [1.29, 1.82) is 0 Å². The van der Waals surface area contributed by atoms with Gasteiger partial charge in [0.1, 0.15) is 5.75 Å². The van der Waals surface area contributed by atoms with E-state index in [9.17, 15) is 4.79 Å². The SMILES string of the molecule is C[NH+](C)CCN(C(=O)CCOc1ccccc1)c1nc2ccc(Cl)cc2s1. The average molecular weight is 405 g/mol. The molecule has 27 heavy (non-hydrogen) atoms. The third kappa shape index (κ3) is 5.42. The topological polar surface area (TPSA) is 46.9 Å². The van der Waals surface area contributed by atoms with Crippen molar-refractivity contribution in [1.82, 2.24) is 4.98 Å². The molecule has 0 aliphatic carbocycles. The number of thiazole rings is 1. The normalized spacial score (nSPS) is 11.1. The van der Waals surface area contributed by atoms with Gasteiger partial charge < -0.3 is 9.64 Å². The molecule has 0 bridgehead atoms. The van der Waals surface area contributed by atoms with Crippen LogP contribution in [0.3, 0.4) is 0 Å². The second-order valence-electron chi connectivity index (χ2n) is 6.52. The lowest BCUT2D eigenvalue weighted by Gasteiger charge is -2.20. The first-order valence-electron chi connectivity index (χ1n) is 8.86. The zero-order valence-electron chi connectivity index (χ0n) is 15.4. The molecule has 0 unspecified atom stereocenters. The summed E-state index contributed by atoms with van der Waals surface area (Å²) in [7, 11) is 4.14. The molecule has 1 aromatic heterocycles. The molecule has 1 heterocycles. The number of anilines is 1. The Bertz CT molecular complexity index is 899. The van der Waals surface area contributed by atoms with Gasteiger partial charge >= 0.3 is 0 Å². The van der Waals surface area contributed by atoms with Gasteiger partial charge in [-0.1, -0.05) is 41.1 Å². The van der Waals surface area contributed by atoms with Crippen molar-refractivity contribution in [2.75, 3.05) is 38.7 Å². The standard InChI is InChI=1S/C20H22ClN3O2S/c1-23(2)11-12-24(19(25)10-13-26-16-6-4-3-5-7-16)20-22-17-9-8-15(21)14-18(17)27-20/h3-9,14H,10-13H2,1-2H3/p+1. The molecule has 3 rings (SSSR count). The Kier molecular flexibility index (Phi) is 6.66. The van der Waals surface area contributed by atoms with Crippen molar-refractivity contribution in [2.24, 2.45) is 0 Å². The van der Waals surface area contributed by atoms with Crippen molar-refractivity contribution < 1.29 is 14.4 Å². The van der Waals surface area contributed by atoms with Crippen LogP contribution in [0.4, 0.5) is 5.13 Å². The number of benzene rings is 2. The molecule has 2 aromatic carbocycles. The van der Waals surface area contributed by atoms with Crippen molar-refractivity contribution >= 4 is 44.2 Å². The van der Waals surface area contributed by atoms with Crippen LogP contribution in [0.15, 0.2) is 48.5 Å². The fourth-order valence-corrected chi connectivity index (χ4v) is 3.86. The van der Waals surface area contributed by atoms with Gasteiger partial charge in [0.15, 0.2) is 5.13 Å². The zero-order valence-corrected chi connectivity index (χ0v) is 17.0. The molecule has 0 radical (unpaired) electrons. The highest BCUT2D eigenvalue weighted by molar-refractivity contribution is 7.22. The number of rotatable bonds is 8. The number of fused-ring (bicyclic) bond motifs is 1. The molecule has 3 aromatic rings. The lowest BCUT2D eigenvalue weighted by Crippen LogP contribution is -3.06. The molecular weight excluding hydrogens is 382 g/mol. The van der Waals surface area contributed by atoms with Crippen molar-refractivity contribution in [3.8, 4) is 5.75 Å². The molecule has 5 nitrogen and oxygen atoms in total. The molecule has 0 atom stereocenters. The van der Waals surface area contributed by atoms with Crippen LogP contribution in [-0.4, -0.2) is 44.7 Å². The number of halogens is 1. The van der Waals surface area contributed by atoms with Crippen LogP contribution in [0, 0.1) is 0 Å². The number of carbonyl (C=O) groups excluding carboxylic acids is 1. The number of aromatic nitrogens is 1. The van der Waals surface area contributed by atoms with Gasteiger partial charge in [-0.05, 0) is 30.3 Å². The third-order valence-electron chi connectivity index (χ3n) is 4.03. The van der Waals surface area contributed by atoms with Crippen LogP contribution in [0.2, 0.25) is 5.02 Å². The van der Waals surface area contributed by atoms with Gasteiger partial charge in [-0.2, -0.15) is 0 Å². The first kappa shape index (κ1) is 19.6. The lowest BCUT2D eigenvalue weighted by molar-refractivity contribution is -0.856. The second kappa shape index (κ2) is 9.17. The number of quaternary nitrogens is 1. The van der Waals surface area contributed by atoms with Crippen molar-refractivity contribution in [3.63, 3.8) is 0 Å². The van der Waals surface area contributed by atoms with Gasteiger partial charge in [0.25, 0.3) is 0 Å². The monoisotopic (exact) mass is 404 g/mol. The summed E-state index contributed by atoms with van der Waals surface area (Å²) in [6.45, 7) is 1.78. The van der Waals surface area contributed by atoms with E-state index >= 15 is 0 Å². The highest BCUT2D eigenvalue weighted by Crippen LogP contribution is 2.31. The molecule has 0 saturated carbocycles. The Labute approximate surface area is 168 Å². The summed E-state index contributed by atoms with van der Waals surface area (Å²) in [6, 6.07) is 15.1. The van der Waals surface area contributed by atoms with E-state index in [0.717, 1.165) is 22.5 Å². The number of nitrogens with zero attached hydrogens (tertiary/aromatic N) is 2. The number of amides is 1. The van der Waals surface area contributed by atoms with E-state index in [-0.39, 0.29) is 5.91 Å². The third-order valence-corrected chi connectivity index (χ3v) is 5.31. The van der Waals surface area contributed by atoms with Gasteiger partial charge in [0, 0.05) is 5.02 Å². The van der Waals surface area contributed by atoms with Gasteiger partial charge in [-0.25, -0.2) is 4.98 Å². The quantitative estimate of drug-likeness (QED) is 0.628. The maximum absolute atomic E-state index is 12.9. The zero-order chi connectivity index (χ0) is 19.2. The summed E-state index contributed by atoms with van der Waals surface area (Å²) < 4.78 is 6.66. The molecule has 7 heteroatoms. The number of carbonyl (C=O) groups is 1. The summed E-state index contributed by atoms with van der Waals surface area (Å²) in [6.07, 6.45) is 0.300. The van der Waals surface area contributed by atoms with Crippen LogP contribution < -0.4 is 14.5 Å². The summed E-state index contributed by atoms with van der Waals surface area (Å²) in [4.78, 5) is 20.5. The number of para-hydroxylation sites is 1. The minimum atomic E-state index is 0.0114. The summed E-state index contributed by atoms with van der Waals surface area (Å²) in [5, 5.41) is 1.38. The molecule has 0 aliphatic heterocycles. The molecule has 1 amide bonds. The van der Waals surface area contributed by atoms with E-state index in [1.165, 1.54) is 16.2 Å². The van der Waals surface area contributed by atoms with Gasteiger partial charge in [-0.15, -0.1) is 0 Å². The number of ether oxygens (including phenoxy) is 1. The van der Waals surface area contributed by atoms with Gasteiger partial charge in [-0.3, -0.25) is 9.69 Å².